The first kappa shape index (κ1) is 11.4. The predicted molar refractivity (Wildman–Crippen MR) is 58.5 cm³/mol. The molecule has 0 aromatic carbocycles. The van der Waals surface area contributed by atoms with Crippen molar-refractivity contribution in [1.82, 2.24) is 5.32 Å². The molecule has 5 heteroatoms. The van der Waals surface area contributed by atoms with Crippen LogP contribution >= 0.6 is 0 Å². The number of hydrogen-bond acceptors (Lipinski definition) is 4. The number of sulfone groups is 1. The predicted octanol–water partition coefficient (Wildman–Crippen LogP) is 0.0666. The quantitative estimate of drug-likeness (QED) is 0.724. The molecule has 0 aromatic heterocycles. The van der Waals surface area contributed by atoms with Gasteiger partial charge in [0.05, 0.1) is 17.1 Å². The van der Waals surface area contributed by atoms with Crippen LogP contribution in [0.2, 0.25) is 0 Å². The highest BCUT2D eigenvalue weighted by atomic mass is 32.2. The lowest BCUT2D eigenvalue weighted by molar-refractivity contribution is 0.149. The van der Waals surface area contributed by atoms with Gasteiger partial charge in [0, 0.05) is 12.6 Å². The second kappa shape index (κ2) is 4.39. The fourth-order valence-corrected chi connectivity index (χ4v) is 4.33. The molecule has 1 unspecified atom stereocenters. The average molecular weight is 233 g/mol. The van der Waals surface area contributed by atoms with Gasteiger partial charge in [0.15, 0.2) is 9.84 Å². The Morgan fingerprint density at radius 2 is 2.00 bits per heavy atom. The molecule has 2 aliphatic rings. The Morgan fingerprint density at radius 1 is 1.20 bits per heavy atom. The molecule has 3 atom stereocenters. The topological polar surface area (TPSA) is 66.4 Å². The molecule has 1 saturated carbocycles. The van der Waals surface area contributed by atoms with E-state index >= 15 is 0 Å². The van der Waals surface area contributed by atoms with E-state index in [4.69, 9.17) is 0 Å². The van der Waals surface area contributed by atoms with Gasteiger partial charge in [-0.25, -0.2) is 8.42 Å². The van der Waals surface area contributed by atoms with Gasteiger partial charge in [0.25, 0.3) is 0 Å². The fourth-order valence-electron chi connectivity index (χ4n) is 2.55. The molecule has 0 spiro atoms. The van der Waals surface area contributed by atoms with Crippen molar-refractivity contribution in [2.45, 2.75) is 49.5 Å². The molecule has 88 valence electrons. The second-order valence-corrected chi connectivity index (χ2v) is 7.04. The van der Waals surface area contributed by atoms with Crippen LogP contribution in [0.4, 0.5) is 0 Å². The number of aliphatic hydroxyl groups is 1. The van der Waals surface area contributed by atoms with Gasteiger partial charge in [-0.3, -0.25) is 0 Å². The van der Waals surface area contributed by atoms with E-state index in [1.54, 1.807) is 0 Å². The molecule has 2 fully saturated rings. The zero-order chi connectivity index (χ0) is 10.9. The van der Waals surface area contributed by atoms with Gasteiger partial charge >= 0.3 is 0 Å². The normalized spacial score (nSPS) is 39.7. The SMILES string of the molecule is O=S1(=O)CCCC1CN[C@@H]1CCC[C@H]1O. The molecule has 2 rings (SSSR count). The number of hydrogen-bond donors (Lipinski definition) is 2. The van der Waals surface area contributed by atoms with E-state index in [-0.39, 0.29) is 17.4 Å². The van der Waals surface area contributed by atoms with Crippen LogP contribution in [-0.4, -0.2) is 43.2 Å². The van der Waals surface area contributed by atoms with Crippen LogP contribution < -0.4 is 5.32 Å². The summed E-state index contributed by atoms with van der Waals surface area (Å²) in [6, 6.07) is 0.112. The van der Waals surface area contributed by atoms with Crippen molar-refractivity contribution < 1.29 is 13.5 Å². The molecule has 1 heterocycles. The van der Waals surface area contributed by atoms with E-state index in [1.807, 2.05) is 0 Å². The van der Waals surface area contributed by atoms with Crippen molar-refractivity contribution in [2.75, 3.05) is 12.3 Å². The van der Waals surface area contributed by atoms with E-state index in [1.165, 1.54) is 0 Å². The number of nitrogens with one attached hydrogen (secondary N) is 1. The Kier molecular flexibility index (Phi) is 3.33. The van der Waals surface area contributed by atoms with Gasteiger partial charge < -0.3 is 10.4 Å². The average Bonchev–Trinajstić information content (AvgIpc) is 2.69. The summed E-state index contributed by atoms with van der Waals surface area (Å²) in [7, 11) is -2.84. The Morgan fingerprint density at radius 3 is 2.53 bits per heavy atom. The second-order valence-electron chi connectivity index (χ2n) is 4.64. The van der Waals surface area contributed by atoms with E-state index < -0.39 is 9.84 Å². The molecule has 1 aliphatic carbocycles. The Bertz CT molecular complexity index is 315. The molecule has 4 nitrogen and oxygen atoms in total. The summed E-state index contributed by atoms with van der Waals surface area (Å²) in [6.45, 7) is 0.518. The molecule has 0 bridgehead atoms. The van der Waals surface area contributed by atoms with Gasteiger partial charge in [-0.15, -0.1) is 0 Å². The Labute approximate surface area is 91.0 Å². The van der Waals surface area contributed by atoms with Crippen LogP contribution in [0.25, 0.3) is 0 Å². The highest BCUT2D eigenvalue weighted by Crippen LogP contribution is 2.22. The third kappa shape index (κ3) is 2.52. The van der Waals surface area contributed by atoms with E-state index in [0.29, 0.717) is 12.3 Å². The van der Waals surface area contributed by atoms with Crippen LogP contribution in [0, 0.1) is 0 Å². The highest BCUT2D eigenvalue weighted by Gasteiger charge is 2.33. The van der Waals surface area contributed by atoms with E-state index in [2.05, 4.69) is 5.32 Å². The van der Waals surface area contributed by atoms with Crippen molar-refractivity contribution in [3.63, 3.8) is 0 Å². The van der Waals surface area contributed by atoms with Crippen LogP contribution in [0.3, 0.4) is 0 Å². The minimum Gasteiger partial charge on any atom is -0.392 e. The molecule has 2 N–H and O–H groups in total. The van der Waals surface area contributed by atoms with E-state index in [0.717, 1.165) is 32.1 Å². The number of rotatable bonds is 3. The van der Waals surface area contributed by atoms with Crippen molar-refractivity contribution in [1.29, 1.82) is 0 Å². The largest absolute Gasteiger partial charge is 0.392 e. The summed E-state index contributed by atoms with van der Waals surface area (Å²) >= 11 is 0. The fraction of sp³-hybridized carbons (Fsp3) is 1.00. The summed E-state index contributed by atoms with van der Waals surface area (Å²) in [5, 5.41) is 12.6. The highest BCUT2D eigenvalue weighted by molar-refractivity contribution is 7.92. The van der Waals surface area contributed by atoms with Gasteiger partial charge in [-0.1, -0.05) is 0 Å². The van der Waals surface area contributed by atoms with Gasteiger partial charge in [0.1, 0.15) is 0 Å². The molecular weight excluding hydrogens is 214 g/mol. The van der Waals surface area contributed by atoms with Crippen LogP contribution in [0.5, 0.6) is 0 Å². The zero-order valence-electron chi connectivity index (χ0n) is 8.85. The maximum atomic E-state index is 11.5. The van der Waals surface area contributed by atoms with Gasteiger partial charge in [0.2, 0.25) is 0 Å². The Hall–Kier alpha value is -0.130. The smallest absolute Gasteiger partial charge is 0.154 e. The first-order chi connectivity index (χ1) is 7.09. The summed E-state index contributed by atoms with van der Waals surface area (Å²) in [5.74, 6) is 0.340. The first-order valence-corrected chi connectivity index (χ1v) is 7.44. The molecule has 1 aliphatic heterocycles. The van der Waals surface area contributed by atoms with Crippen molar-refractivity contribution in [3.05, 3.63) is 0 Å². The van der Waals surface area contributed by atoms with Crippen LogP contribution in [-0.2, 0) is 9.84 Å². The zero-order valence-corrected chi connectivity index (χ0v) is 9.67. The van der Waals surface area contributed by atoms with Crippen LogP contribution in [0.1, 0.15) is 32.1 Å². The molecule has 1 saturated heterocycles. The molecule has 0 aromatic rings. The molecule has 0 radical (unpaired) electrons. The molecule has 15 heavy (non-hydrogen) atoms. The van der Waals surface area contributed by atoms with Gasteiger partial charge in [-0.2, -0.15) is 0 Å². The summed E-state index contributed by atoms with van der Waals surface area (Å²) < 4.78 is 23.1. The third-order valence-electron chi connectivity index (χ3n) is 3.55. The van der Waals surface area contributed by atoms with Crippen molar-refractivity contribution in [3.8, 4) is 0 Å². The van der Waals surface area contributed by atoms with Crippen LogP contribution in [0.15, 0.2) is 0 Å². The third-order valence-corrected chi connectivity index (χ3v) is 5.83. The summed E-state index contributed by atoms with van der Waals surface area (Å²) in [5.41, 5.74) is 0. The molecular formula is C10H19NO3S. The maximum Gasteiger partial charge on any atom is 0.154 e. The Balaban J connectivity index is 1.83. The maximum absolute atomic E-state index is 11.5. The van der Waals surface area contributed by atoms with Crippen molar-refractivity contribution >= 4 is 9.84 Å². The molecule has 0 amide bonds. The minimum atomic E-state index is -2.84. The van der Waals surface area contributed by atoms with Gasteiger partial charge in [-0.05, 0) is 32.1 Å². The summed E-state index contributed by atoms with van der Waals surface area (Å²) in [6.07, 6.45) is 4.13. The monoisotopic (exact) mass is 233 g/mol. The minimum absolute atomic E-state index is 0.112. The lowest BCUT2D eigenvalue weighted by Gasteiger charge is -2.18. The summed E-state index contributed by atoms with van der Waals surface area (Å²) in [4.78, 5) is 0. The van der Waals surface area contributed by atoms with E-state index in [9.17, 15) is 13.5 Å². The van der Waals surface area contributed by atoms with Crippen molar-refractivity contribution in [2.24, 2.45) is 0 Å². The number of aliphatic hydroxyl groups excluding tert-OH is 1. The standard InChI is InChI=1S/C10H19NO3S/c12-10-5-1-4-9(10)11-7-8-3-2-6-15(8,13)14/h8-12H,1-7H2/t8?,9-,10-/m1/s1. The first-order valence-electron chi connectivity index (χ1n) is 5.72. The lowest BCUT2D eigenvalue weighted by atomic mass is 10.2. The lowest BCUT2D eigenvalue weighted by Crippen LogP contribution is -2.41.